The van der Waals surface area contributed by atoms with Crippen LogP contribution in [0, 0.1) is 5.92 Å². The van der Waals surface area contributed by atoms with Crippen molar-refractivity contribution in [3.8, 4) is 0 Å². The highest BCUT2D eigenvalue weighted by Crippen LogP contribution is 2.14. The molecule has 0 spiro atoms. The molecule has 2 aliphatic heterocycles. The van der Waals surface area contributed by atoms with E-state index in [0.717, 1.165) is 12.0 Å². The van der Waals surface area contributed by atoms with Gasteiger partial charge in [0.15, 0.2) is 0 Å². The molecule has 0 aromatic carbocycles. The molecule has 0 radical (unpaired) electrons. The first-order valence-electron chi connectivity index (χ1n) is 7.46. The first kappa shape index (κ1) is 13.3. The average Bonchev–Trinajstić information content (AvgIpc) is 2.40. The Balaban J connectivity index is 1.67. The van der Waals surface area contributed by atoms with Gasteiger partial charge in [-0.15, -0.1) is 0 Å². The fourth-order valence-electron chi connectivity index (χ4n) is 3.09. The number of piperidine rings is 1. The Morgan fingerprint density at radius 3 is 2.59 bits per heavy atom. The summed E-state index contributed by atoms with van der Waals surface area (Å²) >= 11 is 0. The van der Waals surface area contributed by atoms with E-state index in [2.05, 4.69) is 29.0 Å². The molecule has 3 nitrogen and oxygen atoms in total. The van der Waals surface area contributed by atoms with E-state index >= 15 is 0 Å². The quantitative estimate of drug-likeness (QED) is 0.800. The van der Waals surface area contributed by atoms with E-state index in [4.69, 9.17) is 0 Å². The van der Waals surface area contributed by atoms with Crippen LogP contribution < -0.4 is 5.32 Å². The monoisotopic (exact) mass is 239 g/mol. The van der Waals surface area contributed by atoms with Crippen LogP contribution in [0.1, 0.15) is 33.1 Å². The van der Waals surface area contributed by atoms with Gasteiger partial charge in [0, 0.05) is 38.8 Å². The molecule has 2 saturated heterocycles. The third-order valence-electron chi connectivity index (χ3n) is 4.54. The van der Waals surface area contributed by atoms with Gasteiger partial charge in [0.2, 0.25) is 0 Å². The zero-order valence-electron chi connectivity index (χ0n) is 11.6. The van der Waals surface area contributed by atoms with Crippen molar-refractivity contribution < 1.29 is 0 Å². The van der Waals surface area contributed by atoms with Crippen LogP contribution in [0.4, 0.5) is 0 Å². The van der Waals surface area contributed by atoms with Crippen molar-refractivity contribution in [3.63, 3.8) is 0 Å². The lowest BCUT2D eigenvalue weighted by Crippen LogP contribution is -2.51. The summed E-state index contributed by atoms with van der Waals surface area (Å²) in [6.07, 6.45) is 4.09. The third kappa shape index (κ3) is 3.94. The normalized spacial score (nSPS) is 30.4. The lowest BCUT2D eigenvalue weighted by molar-refractivity contribution is 0.0865. The maximum Gasteiger partial charge on any atom is 0.0113 e. The van der Waals surface area contributed by atoms with Crippen molar-refractivity contribution in [1.82, 2.24) is 15.1 Å². The van der Waals surface area contributed by atoms with Gasteiger partial charge in [0.25, 0.3) is 0 Å². The van der Waals surface area contributed by atoms with Gasteiger partial charge < -0.3 is 10.2 Å². The second-order valence-electron chi connectivity index (χ2n) is 5.81. The molecule has 17 heavy (non-hydrogen) atoms. The van der Waals surface area contributed by atoms with Gasteiger partial charge in [0.1, 0.15) is 0 Å². The molecule has 2 fully saturated rings. The van der Waals surface area contributed by atoms with Gasteiger partial charge in [0.05, 0.1) is 0 Å². The summed E-state index contributed by atoms with van der Waals surface area (Å²) in [5, 5.41) is 3.52. The molecule has 2 unspecified atom stereocenters. The Bertz CT molecular complexity index is 206. The Morgan fingerprint density at radius 1 is 1.24 bits per heavy atom. The van der Waals surface area contributed by atoms with Crippen LogP contribution >= 0.6 is 0 Å². The van der Waals surface area contributed by atoms with E-state index in [-0.39, 0.29) is 0 Å². The summed E-state index contributed by atoms with van der Waals surface area (Å²) in [6, 6.07) is 0.772. The number of hydrogen-bond acceptors (Lipinski definition) is 3. The minimum Gasteiger partial charge on any atom is -0.316 e. The second-order valence-corrected chi connectivity index (χ2v) is 5.81. The summed E-state index contributed by atoms with van der Waals surface area (Å²) in [5.41, 5.74) is 0. The Kier molecular flexibility index (Phi) is 5.26. The number of nitrogens with one attached hydrogen (secondary N) is 1. The predicted molar refractivity (Wildman–Crippen MR) is 73.4 cm³/mol. The van der Waals surface area contributed by atoms with Crippen molar-refractivity contribution in [2.24, 2.45) is 5.92 Å². The molecule has 2 rings (SSSR count). The van der Waals surface area contributed by atoms with Crippen LogP contribution in [-0.2, 0) is 0 Å². The molecule has 0 aromatic heterocycles. The highest BCUT2D eigenvalue weighted by atomic mass is 15.3. The SMILES string of the molecule is CCC(C)N1CCN(CC2CCCNC2)CC1. The van der Waals surface area contributed by atoms with Gasteiger partial charge in [-0.3, -0.25) is 4.90 Å². The Morgan fingerprint density at radius 2 is 2.00 bits per heavy atom. The highest BCUT2D eigenvalue weighted by molar-refractivity contribution is 4.79. The van der Waals surface area contributed by atoms with Crippen molar-refractivity contribution in [1.29, 1.82) is 0 Å². The molecule has 0 bridgehead atoms. The lowest BCUT2D eigenvalue weighted by Gasteiger charge is -2.39. The van der Waals surface area contributed by atoms with E-state index in [1.54, 1.807) is 0 Å². The van der Waals surface area contributed by atoms with E-state index in [1.807, 2.05) is 0 Å². The van der Waals surface area contributed by atoms with Gasteiger partial charge in [-0.05, 0) is 45.2 Å². The Labute approximate surface area is 107 Å². The first-order chi connectivity index (χ1) is 8.29. The molecular formula is C14H29N3. The van der Waals surface area contributed by atoms with Crippen molar-refractivity contribution in [3.05, 3.63) is 0 Å². The Hall–Kier alpha value is -0.120. The van der Waals surface area contributed by atoms with Gasteiger partial charge >= 0.3 is 0 Å². The van der Waals surface area contributed by atoms with Crippen molar-refractivity contribution >= 4 is 0 Å². The van der Waals surface area contributed by atoms with E-state index in [1.165, 1.54) is 65.1 Å². The maximum atomic E-state index is 3.52. The van der Waals surface area contributed by atoms with Crippen LogP contribution in [0.25, 0.3) is 0 Å². The lowest BCUT2D eigenvalue weighted by atomic mass is 9.99. The number of rotatable bonds is 4. The zero-order chi connectivity index (χ0) is 12.1. The number of nitrogens with zero attached hydrogens (tertiary/aromatic N) is 2. The standard InChI is InChI=1S/C14H29N3/c1-3-13(2)17-9-7-16(8-10-17)12-14-5-4-6-15-11-14/h13-15H,3-12H2,1-2H3. The van der Waals surface area contributed by atoms with Crippen LogP contribution in [0.3, 0.4) is 0 Å². The van der Waals surface area contributed by atoms with Crippen molar-refractivity contribution in [2.75, 3.05) is 45.8 Å². The summed E-state index contributed by atoms with van der Waals surface area (Å²) in [5.74, 6) is 0.902. The molecule has 2 heterocycles. The zero-order valence-corrected chi connectivity index (χ0v) is 11.6. The largest absolute Gasteiger partial charge is 0.316 e. The van der Waals surface area contributed by atoms with Gasteiger partial charge in [-0.1, -0.05) is 6.92 Å². The average molecular weight is 239 g/mol. The summed E-state index contributed by atoms with van der Waals surface area (Å²) < 4.78 is 0. The molecule has 2 aliphatic rings. The summed E-state index contributed by atoms with van der Waals surface area (Å²) in [4.78, 5) is 5.33. The molecule has 0 amide bonds. The molecule has 0 aromatic rings. The minimum atomic E-state index is 0.772. The highest BCUT2D eigenvalue weighted by Gasteiger charge is 2.22. The first-order valence-corrected chi connectivity index (χ1v) is 7.46. The summed E-state index contributed by atoms with van der Waals surface area (Å²) in [7, 11) is 0. The molecule has 1 N–H and O–H groups in total. The molecule has 0 aliphatic carbocycles. The molecule has 0 saturated carbocycles. The van der Waals surface area contributed by atoms with Crippen LogP contribution in [0.15, 0.2) is 0 Å². The van der Waals surface area contributed by atoms with Crippen molar-refractivity contribution in [2.45, 2.75) is 39.2 Å². The molecule has 3 heteroatoms. The van der Waals surface area contributed by atoms with Crippen LogP contribution in [-0.4, -0.2) is 61.7 Å². The molecule has 100 valence electrons. The summed E-state index contributed by atoms with van der Waals surface area (Å²) in [6.45, 7) is 13.6. The number of piperazine rings is 1. The van der Waals surface area contributed by atoms with Gasteiger partial charge in [-0.25, -0.2) is 0 Å². The van der Waals surface area contributed by atoms with E-state index in [9.17, 15) is 0 Å². The fourth-order valence-corrected chi connectivity index (χ4v) is 3.09. The molecule has 2 atom stereocenters. The fraction of sp³-hybridized carbons (Fsp3) is 1.00. The predicted octanol–water partition coefficient (Wildman–Crippen LogP) is 1.40. The van der Waals surface area contributed by atoms with E-state index < -0.39 is 0 Å². The van der Waals surface area contributed by atoms with Crippen LogP contribution in [0.2, 0.25) is 0 Å². The number of hydrogen-bond donors (Lipinski definition) is 1. The third-order valence-corrected chi connectivity index (χ3v) is 4.54. The molecular weight excluding hydrogens is 210 g/mol. The van der Waals surface area contributed by atoms with E-state index in [0.29, 0.717) is 0 Å². The van der Waals surface area contributed by atoms with Gasteiger partial charge in [-0.2, -0.15) is 0 Å². The topological polar surface area (TPSA) is 18.5 Å². The minimum absolute atomic E-state index is 0.772. The second kappa shape index (κ2) is 6.72. The smallest absolute Gasteiger partial charge is 0.0113 e. The maximum absolute atomic E-state index is 3.52. The van der Waals surface area contributed by atoms with Crippen LogP contribution in [0.5, 0.6) is 0 Å².